The molecule has 1 aliphatic rings. The lowest BCUT2D eigenvalue weighted by Gasteiger charge is -2.29. The van der Waals surface area contributed by atoms with Gasteiger partial charge in [0.15, 0.2) is 5.78 Å². The molecule has 1 aliphatic heterocycles. The highest BCUT2D eigenvalue weighted by Gasteiger charge is 2.22. The zero-order valence-corrected chi connectivity index (χ0v) is 21.8. The van der Waals surface area contributed by atoms with E-state index in [1.807, 2.05) is 0 Å². The van der Waals surface area contributed by atoms with Crippen LogP contribution in [0.2, 0.25) is 0 Å². The summed E-state index contributed by atoms with van der Waals surface area (Å²) in [7, 11) is -4.94. The number of piperidine rings is 1. The van der Waals surface area contributed by atoms with Gasteiger partial charge in [0.2, 0.25) is 0 Å². The van der Waals surface area contributed by atoms with Crippen molar-refractivity contribution in [3.63, 3.8) is 0 Å². The molecule has 3 aromatic carbocycles. The van der Waals surface area contributed by atoms with Crippen molar-refractivity contribution in [2.75, 3.05) is 26.2 Å². The second kappa shape index (κ2) is 10.8. The molecular formula is C28H26NO6PS-2. The third kappa shape index (κ3) is 5.79. The molecule has 0 unspecified atom stereocenters. The van der Waals surface area contributed by atoms with E-state index in [1.165, 1.54) is 60.9 Å². The van der Waals surface area contributed by atoms with Crippen molar-refractivity contribution >= 4 is 40.1 Å². The fourth-order valence-corrected chi connectivity index (χ4v) is 6.50. The Bertz CT molecular complexity index is 1450. The van der Waals surface area contributed by atoms with Crippen LogP contribution >= 0.6 is 18.9 Å². The van der Waals surface area contributed by atoms with E-state index in [1.54, 1.807) is 36.4 Å². The maximum absolute atomic E-state index is 13.7. The molecule has 0 bridgehead atoms. The predicted octanol–water partition coefficient (Wildman–Crippen LogP) is 3.91. The van der Waals surface area contributed by atoms with Crippen LogP contribution in [0.15, 0.2) is 66.7 Å². The Morgan fingerprint density at radius 3 is 2.35 bits per heavy atom. The summed E-state index contributed by atoms with van der Waals surface area (Å²) in [5, 5.41) is 9.96. The van der Waals surface area contributed by atoms with Crippen molar-refractivity contribution in [2.24, 2.45) is 0 Å². The fourth-order valence-electron chi connectivity index (χ4n) is 4.62. The number of hydrogen-bond donors (Lipinski definition) is 1. The lowest BCUT2D eigenvalue weighted by Crippen LogP contribution is -2.33. The lowest BCUT2D eigenvalue weighted by atomic mass is 9.97. The first kappa shape index (κ1) is 25.6. The van der Waals surface area contributed by atoms with Gasteiger partial charge in [-0.1, -0.05) is 18.6 Å². The summed E-state index contributed by atoms with van der Waals surface area (Å²) in [4.78, 5) is 39.9. The molecule has 7 nitrogen and oxygen atoms in total. The third-order valence-electron chi connectivity index (χ3n) is 6.59. The van der Waals surface area contributed by atoms with Crippen molar-refractivity contribution in [3.05, 3.63) is 77.9 Å². The van der Waals surface area contributed by atoms with Crippen LogP contribution in [-0.4, -0.2) is 42.0 Å². The van der Waals surface area contributed by atoms with Crippen molar-refractivity contribution in [1.82, 2.24) is 4.90 Å². The van der Waals surface area contributed by atoms with E-state index in [9.17, 15) is 24.3 Å². The number of phenolic OH excluding ortho intramolecular Hbond substituents is 1. The van der Waals surface area contributed by atoms with Gasteiger partial charge in [0.05, 0.1) is 0 Å². The minimum absolute atomic E-state index is 0.0922. The molecule has 9 heteroatoms. The maximum atomic E-state index is 13.7. The van der Waals surface area contributed by atoms with E-state index in [-0.39, 0.29) is 16.8 Å². The summed E-state index contributed by atoms with van der Waals surface area (Å²) >= 11 is 1.23. The van der Waals surface area contributed by atoms with Gasteiger partial charge in [0, 0.05) is 32.6 Å². The topological polar surface area (TPSA) is 113 Å². The van der Waals surface area contributed by atoms with Gasteiger partial charge >= 0.3 is 0 Å². The fraction of sp³-hybridized carbons (Fsp3) is 0.250. The van der Waals surface area contributed by atoms with Crippen molar-refractivity contribution in [2.45, 2.75) is 19.3 Å². The number of carbonyl (C=O) groups excluding carboxylic acids is 1. The molecule has 0 amide bonds. The Hall–Kier alpha value is -3.00. The number of carbonyl (C=O) groups is 1. The summed E-state index contributed by atoms with van der Waals surface area (Å²) in [6.07, 6.45) is 3.75. The average molecular weight is 536 g/mol. The highest BCUT2D eigenvalue weighted by Crippen LogP contribution is 2.41. The number of ether oxygens (including phenoxy) is 1. The van der Waals surface area contributed by atoms with Crippen LogP contribution in [0, 0.1) is 0 Å². The van der Waals surface area contributed by atoms with E-state index >= 15 is 0 Å². The minimum Gasteiger partial charge on any atom is -0.807 e. The maximum Gasteiger partial charge on any atom is 0.195 e. The monoisotopic (exact) mass is 535 g/mol. The molecule has 5 rings (SSSR count). The van der Waals surface area contributed by atoms with Crippen LogP contribution in [0.4, 0.5) is 0 Å². The number of aromatic hydroxyl groups is 1. The van der Waals surface area contributed by atoms with Crippen LogP contribution in [0.25, 0.3) is 20.5 Å². The standard InChI is InChI=1S/C28H28NO6PS/c30-21-8-4-20(5-9-21)28-26(24-13-12-23(36(32,33)34)18-25(24)37-28)27(31)19-6-10-22(11-7-19)35-17-16-29-14-2-1-3-15-29/h4-13,18,30H,1-3,14-17H2,(H2,32,33,34)/p-2. The van der Waals surface area contributed by atoms with Crippen molar-refractivity contribution in [1.29, 1.82) is 0 Å². The largest absolute Gasteiger partial charge is 0.807 e. The van der Waals surface area contributed by atoms with Gasteiger partial charge in [-0.2, -0.15) is 0 Å². The van der Waals surface area contributed by atoms with Gasteiger partial charge in [0.1, 0.15) is 18.1 Å². The van der Waals surface area contributed by atoms with E-state index in [0.29, 0.717) is 44.0 Å². The van der Waals surface area contributed by atoms with Gasteiger partial charge in [-0.3, -0.25) is 9.69 Å². The van der Waals surface area contributed by atoms with Crippen LogP contribution in [-0.2, 0) is 4.57 Å². The summed E-state index contributed by atoms with van der Waals surface area (Å²) in [5.41, 5.74) is 1.59. The van der Waals surface area contributed by atoms with E-state index in [0.717, 1.165) is 19.6 Å². The lowest BCUT2D eigenvalue weighted by molar-refractivity contribution is -0.307. The number of nitrogens with zero attached hydrogens (tertiary/aromatic N) is 1. The molecule has 37 heavy (non-hydrogen) atoms. The molecule has 0 aliphatic carbocycles. The highest BCUT2D eigenvalue weighted by molar-refractivity contribution is 7.57. The minimum atomic E-state index is -4.94. The Kier molecular flexibility index (Phi) is 7.47. The molecule has 0 radical (unpaired) electrons. The molecule has 4 aromatic rings. The molecule has 1 saturated heterocycles. The molecule has 192 valence electrons. The van der Waals surface area contributed by atoms with Gasteiger partial charge < -0.3 is 24.2 Å². The zero-order valence-electron chi connectivity index (χ0n) is 20.1. The quantitative estimate of drug-likeness (QED) is 0.269. The van der Waals surface area contributed by atoms with E-state index in [2.05, 4.69) is 4.90 Å². The molecule has 2 heterocycles. The Labute approximate surface area is 219 Å². The Morgan fingerprint density at radius 2 is 1.68 bits per heavy atom. The van der Waals surface area contributed by atoms with Crippen LogP contribution in [0.1, 0.15) is 35.2 Å². The summed E-state index contributed by atoms with van der Waals surface area (Å²) in [5.74, 6) is 0.553. The van der Waals surface area contributed by atoms with Crippen LogP contribution in [0.5, 0.6) is 11.5 Å². The molecule has 1 fully saturated rings. The highest BCUT2D eigenvalue weighted by atomic mass is 32.1. The summed E-state index contributed by atoms with van der Waals surface area (Å²) in [6, 6.07) is 17.5. The molecular weight excluding hydrogens is 509 g/mol. The number of benzene rings is 3. The second-order valence-electron chi connectivity index (χ2n) is 9.14. The number of rotatable bonds is 8. The first-order chi connectivity index (χ1) is 17.8. The SMILES string of the molecule is O=C(c1ccc(OCCN2CCCCC2)cc1)c1c(-c2ccc(O)cc2)sc2cc(P(=O)([O-])[O-])ccc12. The number of hydrogen-bond acceptors (Lipinski definition) is 8. The second-order valence-corrected chi connectivity index (χ2v) is 11.7. The summed E-state index contributed by atoms with van der Waals surface area (Å²) < 4.78 is 18.0. The summed E-state index contributed by atoms with van der Waals surface area (Å²) in [6.45, 7) is 3.67. The van der Waals surface area contributed by atoms with Gasteiger partial charge in [-0.05, 0) is 99.0 Å². The third-order valence-corrected chi connectivity index (χ3v) is 8.70. The van der Waals surface area contributed by atoms with Gasteiger partial charge in [-0.25, -0.2) is 0 Å². The Morgan fingerprint density at radius 1 is 0.973 bits per heavy atom. The smallest absolute Gasteiger partial charge is 0.195 e. The first-order valence-corrected chi connectivity index (χ1v) is 14.5. The van der Waals surface area contributed by atoms with Crippen molar-refractivity contribution in [3.8, 4) is 21.9 Å². The van der Waals surface area contributed by atoms with Crippen molar-refractivity contribution < 1.29 is 29.0 Å². The number of likely N-dealkylation sites (tertiary alicyclic amines) is 1. The molecule has 0 saturated carbocycles. The predicted molar refractivity (Wildman–Crippen MR) is 142 cm³/mol. The average Bonchev–Trinajstić information content (AvgIpc) is 3.28. The van der Waals surface area contributed by atoms with Crippen LogP contribution < -0.4 is 19.8 Å². The number of ketones is 1. The van der Waals surface area contributed by atoms with E-state index < -0.39 is 7.60 Å². The van der Waals surface area contributed by atoms with Crippen LogP contribution in [0.3, 0.4) is 0 Å². The number of phenols is 1. The van der Waals surface area contributed by atoms with Gasteiger partial charge in [-0.15, -0.1) is 11.3 Å². The Balaban J connectivity index is 1.43. The van der Waals surface area contributed by atoms with Gasteiger partial charge in [0.25, 0.3) is 0 Å². The number of thiophene rings is 1. The molecule has 1 aromatic heterocycles. The molecule has 1 N–H and O–H groups in total. The molecule has 0 spiro atoms. The first-order valence-electron chi connectivity index (χ1n) is 12.2. The number of fused-ring (bicyclic) bond motifs is 1. The molecule has 0 atom stereocenters. The van der Waals surface area contributed by atoms with E-state index in [4.69, 9.17) is 4.74 Å². The normalized spacial score (nSPS) is 14.6. The zero-order chi connectivity index (χ0) is 26.0.